The molecule has 2 aromatic heterocycles. The molecule has 1 N–H and O–H groups in total. The minimum atomic E-state index is 0.500. The molecule has 0 saturated heterocycles. The topological polar surface area (TPSA) is 28.7 Å². The molecule has 0 fully saturated rings. The van der Waals surface area contributed by atoms with Crippen LogP contribution in [0.25, 0.3) is 10.1 Å². The van der Waals surface area contributed by atoms with E-state index in [9.17, 15) is 0 Å². The summed E-state index contributed by atoms with van der Waals surface area (Å²) >= 11 is 0.500. The van der Waals surface area contributed by atoms with Crippen molar-refractivity contribution in [3.63, 3.8) is 0 Å². The van der Waals surface area contributed by atoms with Gasteiger partial charge in [0.1, 0.15) is 0 Å². The molecule has 0 spiro atoms. The summed E-state index contributed by atoms with van der Waals surface area (Å²) in [5, 5.41) is 7.28. The second-order valence-electron chi connectivity index (χ2n) is 2.61. The van der Waals surface area contributed by atoms with Crippen LogP contribution in [0, 0.1) is 0 Å². The summed E-state index contributed by atoms with van der Waals surface area (Å²) in [6, 6.07) is 6.39. The fraction of sp³-hybridized carbons (Fsp3) is 0.222. The number of aromatic nitrogens is 2. The Labute approximate surface area is 77.4 Å². The zero-order chi connectivity index (χ0) is 8.39. The predicted octanol–water partition coefficient (Wildman–Crippen LogP) is 1.70. The maximum absolute atomic E-state index is 4.25. The van der Waals surface area contributed by atoms with Crippen molar-refractivity contribution in [3.8, 4) is 10.1 Å². The molecule has 0 amide bonds. The molecule has 2 nitrogen and oxygen atoms in total. The predicted molar refractivity (Wildman–Crippen MR) is 50.3 cm³/mol. The van der Waals surface area contributed by atoms with Crippen LogP contribution in [0.3, 0.4) is 0 Å². The molecule has 2 aromatic rings. The SMILES string of the molecule is CCc1cc(-c2ccc[se]2)n[nH]1. The molecule has 2 rings (SSSR count). The number of H-pyrrole nitrogens is 1. The molecule has 0 atom stereocenters. The average Bonchev–Trinajstić information content (AvgIpc) is 2.75. The first-order valence-corrected chi connectivity index (χ1v) is 5.83. The fourth-order valence-electron chi connectivity index (χ4n) is 1.09. The Balaban J connectivity index is 2.35. The summed E-state index contributed by atoms with van der Waals surface area (Å²) in [5.41, 5.74) is 2.34. The van der Waals surface area contributed by atoms with Gasteiger partial charge in [0.25, 0.3) is 0 Å². The summed E-state index contributed by atoms with van der Waals surface area (Å²) in [7, 11) is 0. The quantitative estimate of drug-likeness (QED) is 0.774. The number of rotatable bonds is 2. The van der Waals surface area contributed by atoms with Gasteiger partial charge in [-0.2, -0.15) is 0 Å². The van der Waals surface area contributed by atoms with Crippen molar-refractivity contribution in [1.29, 1.82) is 0 Å². The number of nitrogens with zero attached hydrogens (tertiary/aromatic N) is 1. The molecular weight excluding hydrogens is 215 g/mol. The first-order chi connectivity index (χ1) is 5.90. The van der Waals surface area contributed by atoms with E-state index in [0.717, 1.165) is 12.1 Å². The van der Waals surface area contributed by atoms with Gasteiger partial charge in [-0.15, -0.1) is 0 Å². The third-order valence-corrected chi connectivity index (χ3v) is 3.66. The second kappa shape index (κ2) is 3.30. The summed E-state index contributed by atoms with van der Waals surface area (Å²) < 4.78 is 1.37. The van der Waals surface area contributed by atoms with Crippen molar-refractivity contribution in [2.24, 2.45) is 0 Å². The summed E-state index contributed by atoms with van der Waals surface area (Å²) in [6.45, 7) is 2.13. The van der Waals surface area contributed by atoms with Crippen molar-refractivity contribution < 1.29 is 0 Å². The molecule has 2 heterocycles. The van der Waals surface area contributed by atoms with Gasteiger partial charge in [-0.3, -0.25) is 0 Å². The van der Waals surface area contributed by atoms with E-state index in [2.05, 4.69) is 40.3 Å². The molecule has 62 valence electrons. The van der Waals surface area contributed by atoms with Crippen molar-refractivity contribution in [1.82, 2.24) is 10.2 Å². The van der Waals surface area contributed by atoms with Crippen LogP contribution < -0.4 is 0 Å². The molecule has 0 radical (unpaired) electrons. The monoisotopic (exact) mass is 226 g/mol. The van der Waals surface area contributed by atoms with Crippen LogP contribution in [0.2, 0.25) is 0 Å². The third-order valence-electron chi connectivity index (χ3n) is 1.79. The van der Waals surface area contributed by atoms with Crippen molar-refractivity contribution in [2.45, 2.75) is 13.3 Å². The molecule has 0 aliphatic carbocycles. The van der Waals surface area contributed by atoms with E-state index in [1.165, 1.54) is 10.1 Å². The first kappa shape index (κ1) is 7.84. The zero-order valence-corrected chi connectivity index (χ0v) is 8.59. The number of aryl methyl sites for hydroxylation is 1. The van der Waals surface area contributed by atoms with Gasteiger partial charge in [-0.1, -0.05) is 0 Å². The summed E-state index contributed by atoms with van der Waals surface area (Å²) in [5.74, 6) is 0. The van der Waals surface area contributed by atoms with Crippen molar-refractivity contribution in [2.75, 3.05) is 0 Å². The average molecular weight is 225 g/mol. The Kier molecular flexibility index (Phi) is 2.15. The van der Waals surface area contributed by atoms with E-state index in [-0.39, 0.29) is 0 Å². The molecule has 12 heavy (non-hydrogen) atoms. The van der Waals surface area contributed by atoms with Gasteiger partial charge in [0.15, 0.2) is 0 Å². The molecule has 0 aliphatic heterocycles. The first-order valence-electron chi connectivity index (χ1n) is 3.98. The van der Waals surface area contributed by atoms with E-state index in [0.29, 0.717) is 14.5 Å². The summed E-state index contributed by atoms with van der Waals surface area (Å²) in [6.07, 6.45) is 1.03. The fourth-order valence-corrected chi connectivity index (χ4v) is 2.53. The Bertz CT molecular complexity index is 348. The molecule has 0 saturated carbocycles. The Morgan fingerprint density at radius 1 is 1.58 bits per heavy atom. The van der Waals surface area contributed by atoms with E-state index in [1.54, 1.807) is 0 Å². The van der Waals surface area contributed by atoms with Gasteiger partial charge in [0.05, 0.1) is 0 Å². The minimum absolute atomic E-state index is 0.500. The van der Waals surface area contributed by atoms with Crippen LogP contribution in [0.4, 0.5) is 0 Å². The van der Waals surface area contributed by atoms with Gasteiger partial charge >= 0.3 is 77.0 Å². The normalized spacial score (nSPS) is 10.4. The van der Waals surface area contributed by atoms with E-state index >= 15 is 0 Å². The Hall–Kier alpha value is -0.791. The molecule has 3 heteroatoms. The van der Waals surface area contributed by atoms with Crippen LogP contribution in [-0.2, 0) is 6.42 Å². The number of hydrogen-bond acceptors (Lipinski definition) is 1. The van der Waals surface area contributed by atoms with Crippen LogP contribution in [-0.4, -0.2) is 24.7 Å². The van der Waals surface area contributed by atoms with Crippen LogP contribution in [0.5, 0.6) is 0 Å². The zero-order valence-electron chi connectivity index (χ0n) is 6.87. The molecule has 0 aromatic carbocycles. The van der Waals surface area contributed by atoms with E-state index in [1.807, 2.05) is 0 Å². The summed E-state index contributed by atoms with van der Waals surface area (Å²) in [4.78, 5) is 2.21. The van der Waals surface area contributed by atoms with Crippen LogP contribution in [0.1, 0.15) is 12.6 Å². The Morgan fingerprint density at radius 2 is 2.50 bits per heavy atom. The molecule has 0 aliphatic rings. The molecular formula is C9H10N2Se. The van der Waals surface area contributed by atoms with Gasteiger partial charge < -0.3 is 0 Å². The van der Waals surface area contributed by atoms with E-state index in [4.69, 9.17) is 0 Å². The van der Waals surface area contributed by atoms with Crippen molar-refractivity contribution in [3.05, 3.63) is 28.8 Å². The standard InChI is InChI=1S/C9H10N2Se/c1-2-7-6-8(11-10-7)9-4-3-5-12-9/h3-6H,2H2,1H3,(H,10,11). The molecule has 0 bridgehead atoms. The van der Waals surface area contributed by atoms with Gasteiger partial charge in [0, 0.05) is 0 Å². The number of aromatic amines is 1. The van der Waals surface area contributed by atoms with Gasteiger partial charge in [-0.05, 0) is 0 Å². The van der Waals surface area contributed by atoms with Crippen LogP contribution in [0.15, 0.2) is 23.1 Å². The van der Waals surface area contributed by atoms with Gasteiger partial charge in [-0.25, -0.2) is 0 Å². The van der Waals surface area contributed by atoms with Crippen LogP contribution >= 0.6 is 0 Å². The number of hydrogen-bond donors (Lipinski definition) is 1. The number of nitrogens with one attached hydrogen (secondary N) is 1. The molecule has 0 unspecified atom stereocenters. The van der Waals surface area contributed by atoms with E-state index < -0.39 is 0 Å². The second-order valence-corrected chi connectivity index (χ2v) is 4.60. The third kappa shape index (κ3) is 1.38. The Morgan fingerprint density at radius 3 is 3.08 bits per heavy atom. The maximum atomic E-state index is 4.25. The van der Waals surface area contributed by atoms with Crippen molar-refractivity contribution >= 4 is 14.5 Å². The van der Waals surface area contributed by atoms with Gasteiger partial charge in [0.2, 0.25) is 0 Å².